The van der Waals surface area contributed by atoms with Crippen molar-refractivity contribution in [1.82, 2.24) is 5.32 Å². The molecule has 1 amide bonds. The van der Waals surface area contributed by atoms with Crippen LogP contribution in [0.25, 0.3) is 0 Å². The summed E-state index contributed by atoms with van der Waals surface area (Å²) in [4.78, 5) is 23.6. The van der Waals surface area contributed by atoms with Crippen molar-refractivity contribution >= 4 is 11.9 Å². The molecule has 2 N–H and O–H groups in total. The van der Waals surface area contributed by atoms with E-state index in [1.807, 2.05) is 0 Å². The summed E-state index contributed by atoms with van der Waals surface area (Å²) in [6, 6.07) is 9.55. The van der Waals surface area contributed by atoms with Crippen molar-refractivity contribution in [2.24, 2.45) is 5.92 Å². The minimum absolute atomic E-state index is 0.110. The molecule has 1 atom stereocenters. The van der Waals surface area contributed by atoms with Crippen molar-refractivity contribution < 1.29 is 23.5 Å². The summed E-state index contributed by atoms with van der Waals surface area (Å²) in [5.74, 6) is -2.85. The first-order valence-corrected chi connectivity index (χ1v) is 8.01. The Balaban J connectivity index is 1.77. The monoisotopic (exact) mass is 345 g/mol. The van der Waals surface area contributed by atoms with Crippen LogP contribution in [0.15, 0.2) is 42.5 Å². The number of benzene rings is 2. The zero-order chi connectivity index (χ0) is 18.0. The molecule has 1 aliphatic rings. The van der Waals surface area contributed by atoms with Gasteiger partial charge in [0.25, 0.3) is 0 Å². The highest BCUT2D eigenvalue weighted by molar-refractivity contribution is 5.92. The van der Waals surface area contributed by atoms with Gasteiger partial charge in [0, 0.05) is 0 Å². The number of aromatic carboxylic acids is 1. The van der Waals surface area contributed by atoms with Crippen molar-refractivity contribution in [3.05, 3.63) is 70.8 Å². The molecule has 0 radical (unpaired) electrons. The highest BCUT2D eigenvalue weighted by atomic mass is 19.1. The van der Waals surface area contributed by atoms with Gasteiger partial charge in [0.1, 0.15) is 11.6 Å². The molecule has 0 bridgehead atoms. The van der Waals surface area contributed by atoms with Crippen LogP contribution in [0.4, 0.5) is 8.78 Å². The average molecular weight is 345 g/mol. The Morgan fingerprint density at radius 2 is 1.88 bits per heavy atom. The fourth-order valence-corrected chi connectivity index (χ4v) is 2.96. The molecular formula is C19H17F2NO3. The lowest BCUT2D eigenvalue weighted by molar-refractivity contribution is -0.121. The van der Waals surface area contributed by atoms with E-state index >= 15 is 0 Å². The smallest absolute Gasteiger partial charge is 0.338 e. The van der Waals surface area contributed by atoms with Crippen molar-refractivity contribution in [2.45, 2.75) is 25.3 Å². The van der Waals surface area contributed by atoms with E-state index in [2.05, 4.69) is 5.32 Å². The van der Waals surface area contributed by atoms with Crippen molar-refractivity contribution in [3.63, 3.8) is 0 Å². The fourth-order valence-electron chi connectivity index (χ4n) is 2.96. The third-order valence-corrected chi connectivity index (χ3v) is 4.28. The van der Waals surface area contributed by atoms with Crippen molar-refractivity contribution in [3.8, 4) is 0 Å². The lowest BCUT2D eigenvalue weighted by atomic mass is 10.0. The number of hydrogen-bond donors (Lipinski definition) is 2. The van der Waals surface area contributed by atoms with Gasteiger partial charge >= 0.3 is 5.97 Å². The van der Waals surface area contributed by atoms with Crippen molar-refractivity contribution in [2.75, 3.05) is 0 Å². The van der Waals surface area contributed by atoms with Gasteiger partial charge in [-0.1, -0.05) is 24.3 Å². The van der Waals surface area contributed by atoms with E-state index in [9.17, 15) is 18.4 Å². The Morgan fingerprint density at radius 1 is 1.16 bits per heavy atom. The molecule has 0 aromatic heterocycles. The third kappa shape index (κ3) is 4.02. The van der Waals surface area contributed by atoms with Gasteiger partial charge in [-0.3, -0.25) is 4.79 Å². The first-order valence-electron chi connectivity index (χ1n) is 8.01. The van der Waals surface area contributed by atoms with Crippen LogP contribution in [0.2, 0.25) is 0 Å². The Morgan fingerprint density at radius 3 is 2.52 bits per heavy atom. The van der Waals surface area contributed by atoms with Gasteiger partial charge in [0.05, 0.1) is 18.0 Å². The molecule has 2 aromatic rings. The normalized spacial score (nSPS) is 14.8. The van der Waals surface area contributed by atoms with E-state index in [-0.39, 0.29) is 29.8 Å². The van der Waals surface area contributed by atoms with Crippen LogP contribution in [0, 0.1) is 17.6 Å². The third-order valence-electron chi connectivity index (χ3n) is 4.28. The number of rotatable bonds is 6. The summed E-state index contributed by atoms with van der Waals surface area (Å²) in [7, 11) is 0. The van der Waals surface area contributed by atoms with Gasteiger partial charge in [-0.15, -0.1) is 0 Å². The summed E-state index contributed by atoms with van der Waals surface area (Å²) in [6.45, 7) is 0. The first kappa shape index (κ1) is 17.1. The molecule has 0 aliphatic heterocycles. The van der Waals surface area contributed by atoms with Crippen LogP contribution in [-0.4, -0.2) is 17.0 Å². The summed E-state index contributed by atoms with van der Waals surface area (Å²) >= 11 is 0. The number of carboxylic acid groups (broad SMARTS) is 1. The van der Waals surface area contributed by atoms with E-state index in [0.717, 1.165) is 18.9 Å². The lowest BCUT2D eigenvalue weighted by Gasteiger charge is -2.19. The largest absolute Gasteiger partial charge is 0.478 e. The summed E-state index contributed by atoms with van der Waals surface area (Å²) in [5, 5.41) is 12.0. The Bertz CT molecular complexity index is 818. The maximum Gasteiger partial charge on any atom is 0.338 e. The first-order chi connectivity index (χ1) is 12.0. The molecule has 2 aromatic carbocycles. The number of nitrogens with one attached hydrogen (secondary N) is 1. The molecule has 0 unspecified atom stereocenters. The molecule has 0 heterocycles. The minimum atomic E-state index is -1.41. The van der Waals surface area contributed by atoms with Crippen LogP contribution >= 0.6 is 0 Å². The highest BCUT2D eigenvalue weighted by Crippen LogP contribution is 2.41. The van der Waals surface area contributed by atoms with Gasteiger partial charge < -0.3 is 10.4 Å². The molecule has 4 nitrogen and oxygen atoms in total. The van der Waals surface area contributed by atoms with Gasteiger partial charge in [-0.2, -0.15) is 0 Å². The molecule has 0 saturated heterocycles. The molecule has 3 rings (SSSR count). The van der Waals surface area contributed by atoms with Crippen LogP contribution in [0.1, 0.15) is 40.4 Å². The molecular weight excluding hydrogens is 328 g/mol. The van der Waals surface area contributed by atoms with Crippen LogP contribution < -0.4 is 5.32 Å². The van der Waals surface area contributed by atoms with Gasteiger partial charge in [-0.05, 0) is 48.1 Å². The van der Waals surface area contributed by atoms with Gasteiger partial charge in [-0.25, -0.2) is 13.6 Å². The van der Waals surface area contributed by atoms with Gasteiger partial charge in [0.2, 0.25) is 5.91 Å². The molecule has 1 saturated carbocycles. The van der Waals surface area contributed by atoms with E-state index in [1.54, 1.807) is 12.1 Å². The van der Waals surface area contributed by atoms with Crippen LogP contribution in [-0.2, 0) is 11.2 Å². The molecule has 1 fully saturated rings. The molecule has 1 aliphatic carbocycles. The average Bonchev–Trinajstić information content (AvgIpc) is 3.37. The highest BCUT2D eigenvalue weighted by Gasteiger charge is 2.33. The van der Waals surface area contributed by atoms with E-state index < -0.39 is 23.3 Å². The topological polar surface area (TPSA) is 66.4 Å². The molecule has 130 valence electrons. The zero-order valence-electron chi connectivity index (χ0n) is 13.3. The Kier molecular flexibility index (Phi) is 4.79. The number of halogens is 2. The quantitative estimate of drug-likeness (QED) is 0.842. The minimum Gasteiger partial charge on any atom is -0.478 e. The summed E-state index contributed by atoms with van der Waals surface area (Å²) in [5.41, 5.74) is 0.290. The van der Waals surface area contributed by atoms with E-state index in [4.69, 9.17) is 5.11 Å². The molecule has 6 heteroatoms. The SMILES string of the molecule is O=C(Cc1cccc(F)c1C(=O)O)N[C@H](c1cccc(F)c1)C1CC1. The number of amides is 1. The Hall–Kier alpha value is -2.76. The summed E-state index contributed by atoms with van der Waals surface area (Å²) in [6.07, 6.45) is 1.61. The maximum absolute atomic E-state index is 13.7. The second-order valence-corrected chi connectivity index (χ2v) is 6.19. The number of carboxylic acids is 1. The number of hydrogen-bond acceptors (Lipinski definition) is 2. The lowest BCUT2D eigenvalue weighted by Crippen LogP contribution is -2.31. The van der Waals surface area contributed by atoms with E-state index in [1.165, 1.54) is 24.3 Å². The number of carbonyl (C=O) groups excluding carboxylic acids is 1. The predicted octanol–water partition coefficient (Wildman–Crippen LogP) is 3.47. The molecule has 25 heavy (non-hydrogen) atoms. The maximum atomic E-state index is 13.7. The number of carbonyl (C=O) groups is 2. The Labute approximate surface area is 143 Å². The second-order valence-electron chi connectivity index (χ2n) is 6.19. The van der Waals surface area contributed by atoms with Gasteiger partial charge in [0.15, 0.2) is 0 Å². The zero-order valence-corrected chi connectivity index (χ0v) is 13.3. The standard InChI is InChI=1S/C19H17F2NO3/c20-14-5-1-4-13(9-14)18(11-7-8-11)22-16(23)10-12-3-2-6-15(21)17(12)19(24)25/h1-6,9,11,18H,7-8,10H2,(H,22,23)(H,24,25)/t18-/m0/s1. The predicted molar refractivity (Wildman–Crippen MR) is 87.1 cm³/mol. The van der Waals surface area contributed by atoms with Crippen molar-refractivity contribution in [1.29, 1.82) is 0 Å². The fraction of sp³-hybridized carbons (Fsp3) is 0.263. The van der Waals surface area contributed by atoms with E-state index in [0.29, 0.717) is 5.56 Å². The summed E-state index contributed by atoms with van der Waals surface area (Å²) < 4.78 is 27.2. The second kappa shape index (κ2) is 7.01. The van der Waals surface area contributed by atoms with Crippen LogP contribution in [0.3, 0.4) is 0 Å². The van der Waals surface area contributed by atoms with Crippen LogP contribution in [0.5, 0.6) is 0 Å². The molecule has 0 spiro atoms.